The summed E-state index contributed by atoms with van der Waals surface area (Å²) >= 11 is 0. The van der Waals surface area contributed by atoms with Crippen molar-refractivity contribution in [3.63, 3.8) is 0 Å². The Kier molecular flexibility index (Phi) is 7.75. The number of carbonyl (C=O) groups is 1. The van der Waals surface area contributed by atoms with E-state index in [0.29, 0.717) is 12.5 Å². The number of nitrogens with one attached hydrogen (secondary N) is 1. The zero-order valence-electron chi connectivity index (χ0n) is 10.0. The molecule has 0 aliphatic carbocycles. The summed E-state index contributed by atoms with van der Waals surface area (Å²) in [4.78, 5) is 12.9. The number of hydrogen-bond donors (Lipinski definition) is 1. The van der Waals surface area contributed by atoms with Crippen molar-refractivity contribution in [3.8, 4) is 12.3 Å². The van der Waals surface area contributed by atoms with Gasteiger partial charge in [-0.05, 0) is 19.4 Å². The number of amides is 1. The van der Waals surface area contributed by atoms with E-state index in [0.717, 1.165) is 25.8 Å². The van der Waals surface area contributed by atoms with Crippen molar-refractivity contribution < 1.29 is 4.79 Å². The highest BCUT2D eigenvalue weighted by Crippen LogP contribution is 1.98. The molecular weight excluding hydrogens is 188 g/mol. The quantitative estimate of drug-likeness (QED) is 0.506. The van der Waals surface area contributed by atoms with Crippen molar-refractivity contribution in [3.05, 3.63) is 0 Å². The Morgan fingerprint density at radius 3 is 2.67 bits per heavy atom. The Bertz CT molecular complexity index is 218. The third-order valence-corrected chi connectivity index (χ3v) is 2.36. The SMILES string of the molecule is C#CCC(CC)NCCCC(=O)N(C)C. The van der Waals surface area contributed by atoms with Crippen LogP contribution in [-0.4, -0.2) is 37.5 Å². The Morgan fingerprint density at radius 1 is 1.53 bits per heavy atom. The van der Waals surface area contributed by atoms with Crippen LogP contribution in [0.2, 0.25) is 0 Å². The molecule has 1 atom stereocenters. The number of rotatable bonds is 7. The summed E-state index contributed by atoms with van der Waals surface area (Å²) in [5, 5.41) is 3.35. The Labute approximate surface area is 93.2 Å². The summed E-state index contributed by atoms with van der Waals surface area (Å²) < 4.78 is 0. The minimum Gasteiger partial charge on any atom is -0.349 e. The molecule has 0 aliphatic heterocycles. The molecule has 0 fully saturated rings. The maximum absolute atomic E-state index is 11.2. The predicted molar refractivity (Wildman–Crippen MR) is 63.5 cm³/mol. The van der Waals surface area contributed by atoms with E-state index < -0.39 is 0 Å². The topological polar surface area (TPSA) is 32.3 Å². The van der Waals surface area contributed by atoms with Crippen molar-refractivity contribution in [1.82, 2.24) is 10.2 Å². The molecule has 0 spiro atoms. The van der Waals surface area contributed by atoms with Gasteiger partial charge in [-0.3, -0.25) is 4.79 Å². The molecule has 3 heteroatoms. The van der Waals surface area contributed by atoms with E-state index >= 15 is 0 Å². The summed E-state index contributed by atoms with van der Waals surface area (Å²) in [6.45, 7) is 2.97. The van der Waals surface area contributed by atoms with Gasteiger partial charge in [-0.25, -0.2) is 0 Å². The summed E-state index contributed by atoms with van der Waals surface area (Å²) in [6, 6.07) is 0.393. The second kappa shape index (κ2) is 8.31. The zero-order valence-corrected chi connectivity index (χ0v) is 10.0. The third kappa shape index (κ3) is 6.98. The van der Waals surface area contributed by atoms with Crippen LogP contribution in [0.4, 0.5) is 0 Å². The van der Waals surface area contributed by atoms with Crippen LogP contribution in [0.5, 0.6) is 0 Å². The Balaban J connectivity index is 3.53. The summed E-state index contributed by atoms with van der Waals surface area (Å²) in [5.74, 6) is 2.83. The van der Waals surface area contributed by atoms with Crippen molar-refractivity contribution in [2.75, 3.05) is 20.6 Å². The predicted octanol–water partition coefficient (Wildman–Crippen LogP) is 1.25. The highest BCUT2D eigenvalue weighted by atomic mass is 16.2. The maximum atomic E-state index is 11.2. The van der Waals surface area contributed by atoms with Gasteiger partial charge in [-0.1, -0.05) is 6.92 Å². The summed E-state index contributed by atoms with van der Waals surface area (Å²) in [7, 11) is 3.56. The second-order valence-corrected chi connectivity index (χ2v) is 3.86. The molecule has 0 rings (SSSR count). The average Bonchev–Trinajstić information content (AvgIpc) is 2.22. The van der Waals surface area contributed by atoms with Gasteiger partial charge in [-0.2, -0.15) is 0 Å². The van der Waals surface area contributed by atoms with E-state index in [-0.39, 0.29) is 5.91 Å². The van der Waals surface area contributed by atoms with E-state index in [1.165, 1.54) is 0 Å². The molecule has 0 saturated carbocycles. The van der Waals surface area contributed by atoms with E-state index in [2.05, 4.69) is 18.2 Å². The van der Waals surface area contributed by atoms with Gasteiger partial charge in [0.1, 0.15) is 0 Å². The first-order valence-corrected chi connectivity index (χ1v) is 5.48. The van der Waals surface area contributed by atoms with Crippen LogP contribution in [0.3, 0.4) is 0 Å². The molecule has 0 aromatic carbocycles. The number of carbonyl (C=O) groups excluding carboxylic acids is 1. The lowest BCUT2D eigenvalue weighted by molar-refractivity contribution is -0.128. The number of nitrogens with zero attached hydrogens (tertiary/aromatic N) is 1. The minimum absolute atomic E-state index is 0.182. The fourth-order valence-electron chi connectivity index (χ4n) is 1.27. The maximum Gasteiger partial charge on any atom is 0.222 e. The van der Waals surface area contributed by atoms with Crippen molar-refractivity contribution >= 4 is 5.91 Å². The van der Waals surface area contributed by atoms with E-state index in [1.807, 2.05) is 0 Å². The first-order valence-electron chi connectivity index (χ1n) is 5.48. The Hall–Kier alpha value is -1.01. The molecule has 0 saturated heterocycles. The zero-order chi connectivity index (χ0) is 11.7. The lowest BCUT2D eigenvalue weighted by Gasteiger charge is -2.14. The van der Waals surface area contributed by atoms with Gasteiger partial charge in [0.15, 0.2) is 0 Å². The van der Waals surface area contributed by atoms with Crippen LogP contribution in [0.15, 0.2) is 0 Å². The molecule has 0 aromatic heterocycles. The number of terminal acetylenes is 1. The van der Waals surface area contributed by atoms with Gasteiger partial charge in [0.2, 0.25) is 5.91 Å². The first kappa shape index (κ1) is 14.0. The summed E-state index contributed by atoms with van der Waals surface area (Å²) in [6.07, 6.45) is 8.52. The molecule has 1 N–H and O–H groups in total. The first-order chi connectivity index (χ1) is 7.11. The Morgan fingerprint density at radius 2 is 2.20 bits per heavy atom. The lowest BCUT2D eigenvalue weighted by atomic mass is 10.1. The largest absolute Gasteiger partial charge is 0.349 e. The van der Waals surface area contributed by atoms with Gasteiger partial charge >= 0.3 is 0 Å². The fourth-order valence-corrected chi connectivity index (χ4v) is 1.27. The average molecular weight is 210 g/mol. The van der Waals surface area contributed by atoms with Crippen LogP contribution < -0.4 is 5.32 Å². The molecule has 0 aromatic rings. The normalized spacial score (nSPS) is 11.9. The van der Waals surface area contributed by atoms with Crippen LogP contribution in [0.25, 0.3) is 0 Å². The van der Waals surface area contributed by atoms with E-state index in [4.69, 9.17) is 6.42 Å². The van der Waals surface area contributed by atoms with Gasteiger partial charge in [-0.15, -0.1) is 12.3 Å². The van der Waals surface area contributed by atoms with Crippen molar-refractivity contribution in [1.29, 1.82) is 0 Å². The van der Waals surface area contributed by atoms with Crippen LogP contribution >= 0.6 is 0 Å². The van der Waals surface area contributed by atoms with Gasteiger partial charge in [0, 0.05) is 33.0 Å². The fraction of sp³-hybridized carbons (Fsp3) is 0.750. The number of hydrogen-bond acceptors (Lipinski definition) is 2. The standard InChI is InChI=1S/C12H22N2O/c1-5-8-11(6-2)13-10-7-9-12(15)14(3)4/h1,11,13H,6-10H2,2-4H3. The smallest absolute Gasteiger partial charge is 0.222 e. The van der Waals surface area contributed by atoms with Crippen LogP contribution in [0.1, 0.15) is 32.6 Å². The van der Waals surface area contributed by atoms with E-state index in [1.54, 1.807) is 19.0 Å². The second-order valence-electron chi connectivity index (χ2n) is 3.86. The van der Waals surface area contributed by atoms with Crippen LogP contribution in [-0.2, 0) is 4.79 Å². The van der Waals surface area contributed by atoms with Gasteiger partial charge in [0.25, 0.3) is 0 Å². The molecule has 1 amide bonds. The highest BCUT2D eigenvalue weighted by Gasteiger charge is 2.05. The monoisotopic (exact) mass is 210 g/mol. The van der Waals surface area contributed by atoms with Gasteiger partial charge in [0.05, 0.1) is 0 Å². The van der Waals surface area contributed by atoms with E-state index in [9.17, 15) is 4.79 Å². The minimum atomic E-state index is 0.182. The molecule has 0 bridgehead atoms. The van der Waals surface area contributed by atoms with Gasteiger partial charge < -0.3 is 10.2 Å². The van der Waals surface area contributed by atoms with Crippen molar-refractivity contribution in [2.45, 2.75) is 38.6 Å². The molecule has 0 aliphatic rings. The highest BCUT2D eigenvalue weighted by molar-refractivity contribution is 5.75. The molecule has 15 heavy (non-hydrogen) atoms. The molecule has 0 heterocycles. The third-order valence-electron chi connectivity index (χ3n) is 2.36. The molecule has 1 unspecified atom stereocenters. The lowest BCUT2D eigenvalue weighted by Crippen LogP contribution is -2.30. The molecular formula is C12H22N2O. The summed E-state index contributed by atoms with van der Waals surface area (Å²) in [5.41, 5.74) is 0. The molecule has 3 nitrogen and oxygen atoms in total. The van der Waals surface area contributed by atoms with Crippen molar-refractivity contribution in [2.24, 2.45) is 0 Å². The molecule has 0 radical (unpaired) electrons. The molecule has 86 valence electrons. The van der Waals surface area contributed by atoms with Crippen LogP contribution in [0, 0.1) is 12.3 Å².